The normalized spacial score (nSPS) is 12.6. The molecule has 0 saturated carbocycles. The molecule has 0 radical (unpaired) electrons. The topological polar surface area (TPSA) is 21.7 Å². The Labute approximate surface area is 171 Å². The molecule has 0 heterocycles. The van der Waals surface area contributed by atoms with E-state index < -0.39 is 8.30 Å². The van der Waals surface area contributed by atoms with Gasteiger partial charge in [-0.25, -0.2) is 4.44 Å². The third-order valence-corrected chi connectivity index (χ3v) is 8.68. The molecule has 0 bridgehead atoms. The highest BCUT2D eigenvalue weighted by Gasteiger charge is 2.28. The van der Waals surface area contributed by atoms with Crippen molar-refractivity contribution in [2.75, 3.05) is 7.11 Å². The van der Waals surface area contributed by atoms with Crippen molar-refractivity contribution in [2.45, 2.75) is 26.8 Å². The zero-order valence-corrected chi connectivity index (χ0v) is 18.7. The molecular weight excluding hydrogens is 384 g/mol. The molecule has 0 saturated heterocycles. The summed E-state index contributed by atoms with van der Waals surface area (Å²) in [5, 5.41) is 2.44. The summed E-state index contributed by atoms with van der Waals surface area (Å²) in [4.78, 5) is 0. The monoisotopic (exact) mass is 411 g/mol. The van der Waals surface area contributed by atoms with Crippen LogP contribution in [0.1, 0.15) is 19.4 Å². The minimum absolute atomic E-state index is 0.317. The average molecular weight is 411 g/mol. The predicted molar refractivity (Wildman–Crippen MR) is 123 cm³/mol. The fourth-order valence-electron chi connectivity index (χ4n) is 2.81. The maximum atomic E-state index is 6.61. The highest BCUT2D eigenvalue weighted by molar-refractivity contribution is 7.68. The van der Waals surface area contributed by atoms with E-state index in [4.69, 9.17) is 9.26 Å². The van der Waals surface area contributed by atoms with Gasteiger partial charge in [-0.3, -0.25) is 0 Å². The van der Waals surface area contributed by atoms with Crippen LogP contribution < -0.4 is 19.9 Å². The molecule has 3 rings (SSSR count). The number of nitrogens with zero attached hydrogens (tertiary/aromatic N) is 1. The van der Waals surface area contributed by atoms with Crippen molar-refractivity contribution in [3.63, 3.8) is 0 Å². The highest BCUT2D eigenvalue weighted by Crippen LogP contribution is 2.50. The first kappa shape index (κ1) is 20.8. The molecule has 0 aliphatic rings. The van der Waals surface area contributed by atoms with Crippen LogP contribution in [0.5, 0.6) is 11.5 Å². The van der Waals surface area contributed by atoms with Crippen LogP contribution in [0, 0.1) is 6.92 Å². The summed E-state index contributed by atoms with van der Waals surface area (Å²) in [6.45, 7) is 6.61. The summed E-state index contributed by atoms with van der Waals surface area (Å²) in [5.41, 5.74) is 1.25. The summed E-state index contributed by atoms with van der Waals surface area (Å²) < 4.78 is 14.7. The van der Waals surface area contributed by atoms with Gasteiger partial charge in [0.15, 0.2) is 0 Å². The fourth-order valence-corrected chi connectivity index (χ4v) is 6.67. The van der Waals surface area contributed by atoms with Crippen molar-refractivity contribution in [2.24, 2.45) is 0 Å². The fraction of sp³-hybridized carbons (Fsp3) is 0.217. The summed E-state index contributed by atoms with van der Waals surface area (Å²) in [6.07, 6.45) is 0. The van der Waals surface area contributed by atoms with E-state index >= 15 is 0 Å². The van der Waals surface area contributed by atoms with Crippen LogP contribution in [0.4, 0.5) is 0 Å². The molecule has 28 heavy (non-hydrogen) atoms. The van der Waals surface area contributed by atoms with Gasteiger partial charge in [-0.05, 0) is 65.4 Å². The van der Waals surface area contributed by atoms with Crippen LogP contribution in [0.15, 0.2) is 78.9 Å². The Morgan fingerprint density at radius 3 is 2.18 bits per heavy atom. The van der Waals surface area contributed by atoms with Gasteiger partial charge in [-0.15, -0.1) is 0 Å². The third-order valence-electron chi connectivity index (χ3n) is 4.28. The van der Waals surface area contributed by atoms with Crippen molar-refractivity contribution >= 4 is 27.6 Å². The van der Waals surface area contributed by atoms with E-state index in [1.807, 2.05) is 42.5 Å². The number of hydrogen-bond donors (Lipinski definition) is 0. The minimum Gasteiger partial charge on any atom is -0.496 e. The number of hydrogen-bond acceptors (Lipinski definition) is 3. The van der Waals surface area contributed by atoms with E-state index in [1.54, 1.807) is 7.11 Å². The Balaban J connectivity index is 2.01. The van der Waals surface area contributed by atoms with Gasteiger partial charge in [0, 0.05) is 16.7 Å². The molecule has 3 aromatic rings. The summed E-state index contributed by atoms with van der Waals surface area (Å²) in [7, 11) is 1.17. The van der Waals surface area contributed by atoms with E-state index in [0.717, 1.165) is 11.5 Å². The lowest BCUT2D eigenvalue weighted by Crippen LogP contribution is -2.28. The first-order valence-corrected chi connectivity index (χ1v) is 11.5. The van der Waals surface area contributed by atoms with Crippen LogP contribution in [0.25, 0.3) is 0 Å². The molecule has 0 aromatic heterocycles. The van der Waals surface area contributed by atoms with E-state index in [9.17, 15) is 0 Å². The average Bonchev–Trinajstić information content (AvgIpc) is 2.72. The number of methoxy groups -OCH3 is 1. The SMILES string of the molecule is COc1ccccc1PN(C(C)C)P(Oc1ccccc1)c1ccccc1C. The van der Waals surface area contributed by atoms with Crippen LogP contribution >= 0.6 is 17.0 Å². The summed E-state index contributed by atoms with van der Waals surface area (Å²) >= 11 is 0. The first-order valence-electron chi connectivity index (χ1n) is 9.37. The third kappa shape index (κ3) is 5.11. The van der Waals surface area contributed by atoms with Crippen LogP contribution in [-0.4, -0.2) is 17.6 Å². The molecule has 0 fully saturated rings. The lowest BCUT2D eigenvalue weighted by atomic mass is 10.2. The number of ether oxygens (including phenoxy) is 1. The van der Waals surface area contributed by atoms with Crippen LogP contribution in [0.3, 0.4) is 0 Å². The smallest absolute Gasteiger partial charge is 0.201 e. The van der Waals surface area contributed by atoms with Gasteiger partial charge >= 0.3 is 0 Å². The molecule has 3 nitrogen and oxygen atoms in total. The van der Waals surface area contributed by atoms with E-state index in [0.29, 0.717) is 14.8 Å². The van der Waals surface area contributed by atoms with Gasteiger partial charge in [-0.1, -0.05) is 48.5 Å². The minimum atomic E-state index is -1.01. The zero-order valence-electron chi connectivity index (χ0n) is 16.8. The van der Waals surface area contributed by atoms with Crippen molar-refractivity contribution in [1.29, 1.82) is 0 Å². The molecular formula is C23H27NO2P2. The summed E-state index contributed by atoms with van der Waals surface area (Å²) in [6, 6.07) is 27.2. The second-order valence-corrected chi connectivity index (χ2v) is 9.98. The van der Waals surface area contributed by atoms with Crippen molar-refractivity contribution in [3.8, 4) is 11.5 Å². The van der Waals surface area contributed by atoms with E-state index in [-0.39, 0.29) is 0 Å². The molecule has 0 aliphatic heterocycles. The maximum absolute atomic E-state index is 6.61. The van der Waals surface area contributed by atoms with Gasteiger partial charge in [0.05, 0.1) is 7.11 Å². The van der Waals surface area contributed by atoms with Gasteiger partial charge in [0.25, 0.3) is 0 Å². The van der Waals surface area contributed by atoms with E-state index in [1.165, 1.54) is 16.2 Å². The molecule has 2 atom stereocenters. The lowest BCUT2D eigenvalue weighted by Gasteiger charge is -2.34. The van der Waals surface area contributed by atoms with Crippen LogP contribution in [-0.2, 0) is 0 Å². The number of rotatable bonds is 8. The second kappa shape index (κ2) is 10.0. The van der Waals surface area contributed by atoms with Gasteiger partial charge < -0.3 is 9.26 Å². The highest BCUT2D eigenvalue weighted by atomic mass is 31.2. The maximum Gasteiger partial charge on any atom is 0.201 e. The Morgan fingerprint density at radius 2 is 1.50 bits per heavy atom. The van der Waals surface area contributed by atoms with Crippen molar-refractivity contribution in [3.05, 3.63) is 84.4 Å². The largest absolute Gasteiger partial charge is 0.496 e. The molecule has 146 valence electrons. The quantitative estimate of drug-likeness (QED) is 0.447. The number of benzene rings is 3. The van der Waals surface area contributed by atoms with Crippen LogP contribution in [0.2, 0.25) is 0 Å². The molecule has 5 heteroatoms. The first-order chi connectivity index (χ1) is 13.6. The molecule has 3 aromatic carbocycles. The molecule has 2 unspecified atom stereocenters. The molecule has 0 spiro atoms. The predicted octanol–water partition coefficient (Wildman–Crippen LogP) is 5.65. The number of para-hydroxylation sites is 2. The Bertz CT molecular complexity index is 887. The number of aryl methyl sites for hydroxylation is 1. The van der Waals surface area contributed by atoms with Gasteiger partial charge in [-0.2, -0.15) is 0 Å². The lowest BCUT2D eigenvalue weighted by molar-refractivity contribution is 0.418. The zero-order chi connectivity index (χ0) is 19.9. The van der Waals surface area contributed by atoms with Crippen molar-refractivity contribution in [1.82, 2.24) is 4.44 Å². The van der Waals surface area contributed by atoms with E-state index in [2.05, 4.69) is 61.6 Å². The molecule has 0 amide bonds. The second-order valence-electron chi connectivity index (χ2n) is 6.71. The molecule has 0 aliphatic carbocycles. The summed E-state index contributed by atoms with van der Waals surface area (Å²) in [5.74, 6) is 1.82. The Kier molecular flexibility index (Phi) is 7.45. The Morgan fingerprint density at radius 1 is 0.857 bits per heavy atom. The Hall–Kier alpha value is -1.92. The van der Waals surface area contributed by atoms with Crippen molar-refractivity contribution < 1.29 is 9.26 Å². The van der Waals surface area contributed by atoms with Gasteiger partial charge in [0.1, 0.15) is 11.5 Å². The van der Waals surface area contributed by atoms with Gasteiger partial charge in [0.2, 0.25) is 8.30 Å². The molecule has 0 N–H and O–H groups in total. The standard InChI is InChI=1S/C23H27NO2P2/c1-18(2)24(27-22-16-10-9-15-21(22)25-4)28(23-17-11-8-12-19(23)3)26-20-13-6-5-7-14-20/h5-18,27H,1-4H3.